The molecule has 6 heteroatoms. The van der Waals surface area contributed by atoms with Crippen molar-refractivity contribution in [1.29, 1.82) is 0 Å². The first-order valence-electron chi connectivity index (χ1n) is 25.5. The third-order valence-electron chi connectivity index (χ3n) is 14.9. The van der Waals surface area contributed by atoms with E-state index in [0.717, 1.165) is 81.1 Å². The van der Waals surface area contributed by atoms with Crippen LogP contribution in [0.4, 0.5) is 0 Å². The maximum absolute atomic E-state index is 13.3. The Labute approximate surface area is 370 Å². The molecule has 0 spiro atoms. The fraction of sp³-hybridized carbons (Fsp3) is 0.709. The number of fused-ring (bicyclic) bond motifs is 2. The fourth-order valence-corrected chi connectivity index (χ4v) is 11.1. The number of allylic oxidation sites excluding steroid dienone is 2. The van der Waals surface area contributed by atoms with Crippen molar-refractivity contribution >= 4 is 11.9 Å². The Kier molecular flexibility index (Phi) is 20.4. The molecule has 0 N–H and O–H groups in total. The Morgan fingerprint density at radius 1 is 0.459 bits per heavy atom. The van der Waals surface area contributed by atoms with Gasteiger partial charge in [0.05, 0.1) is 38.3 Å². The van der Waals surface area contributed by atoms with Crippen molar-refractivity contribution < 1.29 is 28.5 Å². The average Bonchev–Trinajstić information content (AvgIpc) is 3.92. The Balaban J connectivity index is 0.765. The molecule has 2 bridgehead atoms. The zero-order chi connectivity index (χ0) is 42.5. The molecule has 338 valence electrons. The molecule has 0 aliphatic heterocycles. The first kappa shape index (κ1) is 47.2. The summed E-state index contributed by atoms with van der Waals surface area (Å²) in [6.07, 6.45) is 34.6. The van der Waals surface area contributed by atoms with Gasteiger partial charge >= 0.3 is 11.9 Å². The normalized spacial score (nSPS) is 25.7. The van der Waals surface area contributed by atoms with Crippen molar-refractivity contribution in [3.63, 3.8) is 0 Å². The molecule has 0 radical (unpaired) electrons. The molecule has 3 saturated carbocycles. The van der Waals surface area contributed by atoms with Crippen LogP contribution >= 0.6 is 0 Å². The van der Waals surface area contributed by atoms with Crippen LogP contribution in [0.2, 0.25) is 0 Å². The summed E-state index contributed by atoms with van der Waals surface area (Å²) in [6, 6.07) is 17.7. The van der Waals surface area contributed by atoms with Gasteiger partial charge in [0.1, 0.15) is 11.5 Å². The minimum absolute atomic E-state index is 0.0768. The van der Waals surface area contributed by atoms with E-state index in [0.29, 0.717) is 38.3 Å². The lowest BCUT2D eigenvalue weighted by molar-refractivity contribution is -0.161. The van der Waals surface area contributed by atoms with E-state index in [1.54, 1.807) is 0 Å². The summed E-state index contributed by atoms with van der Waals surface area (Å²) in [6.45, 7) is 6.78. The standard InChI is InChI=1S/C55H82O6/c1-3-5-11-17-42-19-23-44(24-20-42)46-29-33-50(34-30-46)58-37-13-7-9-15-39-60-54(56)52-48-27-28-49(41-48)53(52)55(57)61-40-16-10-8-14-38-59-51-35-31-47(32-36-51)45-25-21-43(22-26-45)18-12-6-4-2/h27-36,42-45,48-49,52-53H,3-26,37-41H2,1-2H3/t42?,43?,44?,45?,48-,49+,52+,53-. The maximum atomic E-state index is 13.3. The number of ether oxygens (including phenoxy) is 4. The molecule has 4 aliphatic carbocycles. The highest BCUT2D eigenvalue weighted by molar-refractivity contribution is 5.84. The van der Waals surface area contributed by atoms with Gasteiger partial charge < -0.3 is 18.9 Å². The molecule has 6 nitrogen and oxygen atoms in total. The van der Waals surface area contributed by atoms with Crippen LogP contribution in [0.5, 0.6) is 11.5 Å². The van der Waals surface area contributed by atoms with E-state index in [2.05, 4.69) is 74.5 Å². The van der Waals surface area contributed by atoms with Gasteiger partial charge in [-0.3, -0.25) is 9.59 Å². The van der Waals surface area contributed by atoms with Crippen molar-refractivity contribution in [2.75, 3.05) is 26.4 Å². The summed E-state index contributed by atoms with van der Waals surface area (Å²) in [5.74, 6) is 4.04. The molecule has 0 unspecified atom stereocenters. The minimum Gasteiger partial charge on any atom is -0.494 e. The number of carbonyl (C=O) groups excluding carboxylic acids is 2. The van der Waals surface area contributed by atoms with Crippen LogP contribution in [-0.4, -0.2) is 38.4 Å². The van der Waals surface area contributed by atoms with Crippen molar-refractivity contribution in [3.8, 4) is 11.5 Å². The van der Waals surface area contributed by atoms with E-state index in [-0.39, 0.29) is 23.8 Å². The number of hydrogen-bond acceptors (Lipinski definition) is 6. The lowest BCUT2D eigenvalue weighted by atomic mass is 9.77. The third kappa shape index (κ3) is 15.2. The quantitative estimate of drug-likeness (QED) is 0.0483. The summed E-state index contributed by atoms with van der Waals surface area (Å²) in [5.41, 5.74) is 2.94. The average molecular weight is 839 g/mol. The van der Waals surface area contributed by atoms with Crippen molar-refractivity contribution in [3.05, 3.63) is 71.8 Å². The third-order valence-corrected chi connectivity index (χ3v) is 14.9. The van der Waals surface area contributed by atoms with E-state index < -0.39 is 11.8 Å². The molecule has 0 heterocycles. The molecule has 4 aliphatic rings. The van der Waals surface area contributed by atoms with E-state index in [1.807, 2.05) is 0 Å². The minimum atomic E-state index is -0.422. The van der Waals surface area contributed by atoms with Crippen molar-refractivity contribution in [2.45, 2.75) is 186 Å². The first-order valence-corrected chi connectivity index (χ1v) is 25.5. The van der Waals surface area contributed by atoms with Gasteiger partial charge in [0.2, 0.25) is 0 Å². The predicted molar refractivity (Wildman–Crippen MR) is 248 cm³/mol. The van der Waals surface area contributed by atoms with Crippen molar-refractivity contribution in [2.24, 2.45) is 35.5 Å². The fourth-order valence-electron chi connectivity index (χ4n) is 11.1. The maximum Gasteiger partial charge on any atom is 0.310 e. The van der Waals surface area contributed by atoms with Crippen LogP contribution in [0.25, 0.3) is 0 Å². The Bertz CT molecular complexity index is 1430. The molecule has 3 fully saturated rings. The largest absolute Gasteiger partial charge is 0.494 e. The van der Waals surface area contributed by atoms with Gasteiger partial charge in [0.15, 0.2) is 0 Å². The molecule has 4 atom stereocenters. The van der Waals surface area contributed by atoms with Crippen LogP contribution in [0, 0.1) is 35.5 Å². The Hall–Kier alpha value is -3.28. The molecule has 2 aromatic rings. The van der Waals surface area contributed by atoms with Gasteiger partial charge in [-0.1, -0.05) is 102 Å². The summed E-state index contributed by atoms with van der Waals surface area (Å²) >= 11 is 0. The molecule has 61 heavy (non-hydrogen) atoms. The smallest absolute Gasteiger partial charge is 0.310 e. The monoisotopic (exact) mass is 839 g/mol. The summed E-state index contributed by atoms with van der Waals surface area (Å²) in [7, 11) is 0. The number of benzene rings is 2. The van der Waals surface area contributed by atoms with Crippen LogP contribution in [0.1, 0.15) is 197 Å². The van der Waals surface area contributed by atoms with E-state index in [1.165, 1.54) is 114 Å². The zero-order valence-electron chi connectivity index (χ0n) is 38.3. The first-order chi connectivity index (χ1) is 30.0. The van der Waals surface area contributed by atoms with E-state index in [9.17, 15) is 9.59 Å². The van der Waals surface area contributed by atoms with Gasteiger partial charge in [0, 0.05) is 0 Å². The summed E-state index contributed by atoms with van der Waals surface area (Å²) in [4.78, 5) is 26.5. The molecule has 0 amide bonds. The SMILES string of the molecule is CCCCCC1CCC(c2ccc(OCCCCCCOC(=O)[C@@H]3[C@H](C(=O)OCCCCCCOc4ccc(C5CCC(CCCCC)CC5)cc4)[C@H]4C=C[C@@H]3C4)cc2)CC1. The van der Waals surface area contributed by atoms with Gasteiger partial charge in [-0.25, -0.2) is 0 Å². The lowest BCUT2D eigenvalue weighted by Gasteiger charge is -2.29. The second kappa shape index (κ2) is 26.4. The van der Waals surface area contributed by atoms with Crippen LogP contribution < -0.4 is 9.47 Å². The highest BCUT2D eigenvalue weighted by Crippen LogP contribution is 2.49. The Morgan fingerprint density at radius 2 is 0.836 bits per heavy atom. The molecule has 2 aromatic carbocycles. The molecule has 0 saturated heterocycles. The highest BCUT2D eigenvalue weighted by Gasteiger charge is 2.53. The zero-order valence-corrected chi connectivity index (χ0v) is 38.3. The molecule has 0 aromatic heterocycles. The molecular weight excluding hydrogens is 757 g/mol. The van der Waals surface area contributed by atoms with E-state index >= 15 is 0 Å². The number of hydrogen-bond donors (Lipinski definition) is 0. The summed E-state index contributed by atoms with van der Waals surface area (Å²) in [5, 5.41) is 0. The highest BCUT2D eigenvalue weighted by atomic mass is 16.5. The molecule has 6 rings (SSSR count). The van der Waals surface area contributed by atoms with Gasteiger partial charge in [0.25, 0.3) is 0 Å². The lowest BCUT2D eigenvalue weighted by Crippen LogP contribution is -2.35. The van der Waals surface area contributed by atoms with Crippen LogP contribution in [0.15, 0.2) is 60.7 Å². The van der Waals surface area contributed by atoms with E-state index in [4.69, 9.17) is 18.9 Å². The van der Waals surface area contributed by atoms with Crippen LogP contribution in [-0.2, 0) is 19.1 Å². The van der Waals surface area contributed by atoms with Gasteiger partial charge in [-0.05, 0) is 180 Å². The topological polar surface area (TPSA) is 71.1 Å². The van der Waals surface area contributed by atoms with Crippen LogP contribution in [0.3, 0.4) is 0 Å². The van der Waals surface area contributed by atoms with Gasteiger partial charge in [-0.2, -0.15) is 0 Å². The second-order valence-corrected chi connectivity index (χ2v) is 19.4. The van der Waals surface area contributed by atoms with Gasteiger partial charge in [-0.15, -0.1) is 0 Å². The summed E-state index contributed by atoms with van der Waals surface area (Å²) < 4.78 is 23.6. The second-order valence-electron chi connectivity index (χ2n) is 19.4. The number of carbonyl (C=O) groups is 2. The number of unbranched alkanes of at least 4 members (excludes halogenated alkanes) is 10. The number of rotatable bonds is 28. The van der Waals surface area contributed by atoms with Crippen molar-refractivity contribution in [1.82, 2.24) is 0 Å². The predicted octanol–water partition coefficient (Wildman–Crippen LogP) is 14.5. The number of esters is 2. The Morgan fingerprint density at radius 3 is 1.21 bits per heavy atom. The molecular formula is C55H82O6.